The summed E-state index contributed by atoms with van der Waals surface area (Å²) in [5, 5.41) is 7.91. The SMILES string of the molecule is O=c1c2cn(Cc3cccs3)c3ccccc3c-2nn1C1CCCC1. The minimum absolute atomic E-state index is 0.0626. The van der Waals surface area contributed by atoms with Gasteiger partial charge in [0.25, 0.3) is 5.56 Å². The van der Waals surface area contributed by atoms with E-state index in [9.17, 15) is 4.79 Å². The Balaban J connectivity index is 1.75. The maximum atomic E-state index is 13.0. The van der Waals surface area contributed by atoms with Crippen molar-refractivity contribution < 1.29 is 0 Å². The van der Waals surface area contributed by atoms with E-state index in [1.165, 1.54) is 17.7 Å². The number of para-hydroxylation sites is 1. The normalized spacial score (nSPS) is 15.5. The zero-order chi connectivity index (χ0) is 16.8. The van der Waals surface area contributed by atoms with E-state index in [1.54, 1.807) is 16.0 Å². The highest BCUT2D eigenvalue weighted by molar-refractivity contribution is 7.09. The fraction of sp³-hybridized carbons (Fsp3) is 0.300. The summed E-state index contributed by atoms with van der Waals surface area (Å²) < 4.78 is 3.94. The molecule has 1 fully saturated rings. The minimum Gasteiger partial charge on any atom is -0.341 e. The Hall–Kier alpha value is -2.40. The van der Waals surface area contributed by atoms with Crippen molar-refractivity contribution in [3.05, 3.63) is 63.2 Å². The molecule has 0 spiro atoms. The number of fused-ring (bicyclic) bond motifs is 3. The van der Waals surface area contributed by atoms with Crippen LogP contribution in [-0.4, -0.2) is 14.3 Å². The second-order valence-corrected chi connectivity index (χ2v) is 7.84. The summed E-state index contributed by atoms with van der Waals surface area (Å²) in [5.41, 5.74) is 2.77. The van der Waals surface area contributed by atoms with Crippen molar-refractivity contribution in [1.29, 1.82) is 0 Å². The van der Waals surface area contributed by atoms with Gasteiger partial charge in [-0.05, 0) is 30.4 Å². The first-order valence-electron chi connectivity index (χ1n) is 8.84. The van der Waals surface area contributed by atoms with Crippen molar-refractivity contribution in [3.8, 4) is 11.3 Å². The Kier molecular flexibility index (Phi) is 3.48. The monoisotopic (exact) mass is 349 g/mol. The Labute approximate surface area is 149 Å². The van der Waals surface area contributed by atoms with E-state index in [1.807, 2.05) is 18.3 Å². The van der Waals surface area contributed by atoms with Gasteiger partial charge in [-0.2, -0.15) is 5.10 Å². The molecule has 1 saturated carbocycles. The third-order valence-corrected chi connectivity index (χ3v) is 6.09. The number of rotatable bonds is 3. The molecule has 2 aliphatic heterocycles. The molecule has 0 unspecified atom stereocenters. The maximum absolute atomic E-state index is 13.0. The van der Waals surface area contributed by atoms with Gasteiger partial charge in [0, 0.05) is 16.5 Å². The first-order chi connectivity index (χ1) is 12.3. The molecule has 1 aromatic carbocycles. The summed E-state index contributed by atoms with van der Waals surface area (Å²) in [6, 6.07) is 12.7. The molecule has 0 amide bonds. The molecule has 0 N–H and O–H groups in total. The molecule has 3 aliphatic rings. The molecule has 1 aliphatic carbocycles. The molecular weight excluding hydrogens is 330 g/mol. The lowest BCUT2D eigenvalue weighted by Crippen LogP contribution is -2.20. The number of hydrogen-bond donors (Lipinski definition) is 0. The smallest absolute Gasteiger partial charge is 0.278 e. The lowest BCUT2D eigenvalue weighted by molar-refractivity contribution is 0.457. The highest BCUT2D eigenvalue weighted by atomic mass is 32.1. The average molecular weight is 349 g/mol. The largest absolute Gasteiger partial charge is 0.341 e. The predicted molar refractivity (Wildman–Crippen MR) is 102 cm³/mol. The zero-order valence-electron chi connectivity index (χ0n) is 13.9. The fourth-order valence-corrected chi connectivity index (χ4v) is 4.70. The van der Waals surface area contributed by atoms with Gasteiger partial charge >= 0.3 is 0 Å². The number of benzene rings is 1. The molecule has 126 valence electrons. The highest BCUT2D eigenvalue weighted by Crippen LogP contribution is 2.32. The Morgan fingerprint density at radius 2 is 1.96 bits per heavy atom. The van der Waals surface area contributed by atoms with Crippen molar-refractivity contribution in [3.63, 3.8) is 0 Å². The predicted octanol–water partition coefficient (Wildman–Crippen LogP) is 4.53. The van der Waals surface area contributed by atoms with Crippen LogP contribution in [0, 0.1) is 0 Å². The summed E-state index contributed by atoms with van der Waals surface area (Å²) in [4.78, 5) is 14.3. The van der Waals surface area contributed by atoms with Crippen LogP contribution < -0.4 is 5.56 Å². The Morgan fingerprint density at radius 1 is 1.12 bits per heavy atom. The lowest BCUT2D eigenvalue weighted by Gasteiger charge is -2.12. The molecule has 0 atom stereocenters. The Morgan fingerprint density at radius 3 is 2.76 bits per heavy atom. The van der Waals surface area contributed by atoms with Crippen LogP contribution in [0.1, 0.15) is 36.6 Å². The molecular formula is C20H19N3OS. The quantitative estimate of drug-likeness (QED) is 0.545. The van der Waals surface area contributed by atoms with Crippen molar-refractivity contribution in [2.75, 3.05) is 0 Å². The topological polar surface area (TPSA) is 39.8 Å². The van der Waals surface area contributed by atoms with Crippen molar-refractivity contribution in [2.24, 2.45) is 0 Å². The van der Waals surface area contributed by atoms with E-state index in [-0.39, 0.29) is 11.6 Å². The number of nitrogens with zero attached hydrogens (tertiary/aromatic N) is 3. The van der Waals surface area contributed by atoms with Crippen LogP contribution >= 0.6 is 11.3 Å². The highest BCUT2D eigenvalue weighted by Gasteiger charge is 2.25. The van der Waals surface area contributed by atoms with Crippen molar-refractivity contribution in [2.45, 2.75) is 38.3 Å². The van der Waals surface area contributed by atoms with Crippen LogP contribution in [0.2, 0.25) is 0 Å². The summed E-state index contributed by atoms with van der Waals surface area (Å²) in [7, 11) is 0. The van der Waals surface area contributed by atoms with E-state index in [4.69, 9.17) is 5.10 Å². The van der Waals surface area contributed by atoms with E-state index < -0.39 is 0 Å². The fourth-order valence-electron chi connectivity index (χ4n) is 3.99. The van der Waals surface area contributed by atoms with Gasteiger partial charge in [0.2, 0.25) is 0 Å². The number of thiophene rings is 1. The first kappa shape index (κ1) is 14.9. The number of hydrogen-bond acceptors (Lipinski definition) is 3. The maximum Gasteiger partial charge on any atom is 0.278 e. The van der Waals surface area contributed by atoms with Gasteiger partial charge in [0.1, 0.15) is 5.69 Å². The summed E-state index contributed by atoms with van der Waals surface area (Å²) in [6.07, 6.45) is 6.52. The first-order valence-corrected chi connectivity index (χ1v) is 9.72. The van der Waals surface area contributed by atoms with Crippen LogP contribution in [0.25, 0.3) is 22.2 Å². The average Bonchev–Trinajstić information content (AvgIpc) is 3.38. The summed E-state index contributed by atoms with van der Waals surface area (Å²) in [6.45, 7) is 0.780. The third-order valence-electron chi connectivity index (χ3n) is 5.23. The van der Waals surface area contributed by atoms with Gasteiger partial charge in [-0.3, -0.25) is 4.79 Å². The second-order valence-electron chi connectivity index (χ2n) is 6.80. The minimum atomic E-state index is 0.0626. The van der Waals surface area contributed by atoms with E-state index in [0.29, 0.717) is 0 Å². The second kappa shape index (κ2) is 5.85. The van der Waals surface area contributed by atoms with E-state index in [0.717, 1.165) is 41.5 Å². The van der Waals surface area contributed by atoms with Crippen LogP contribution in [0.5, 0.6) is 0 Å². The lowest BCUT2D eigenvalue weighted by atomic mass is 10.1. The zero-order valence-corrected chi connectivity index (χ0v) is 14.7. The molecule has 5 heteroatoms. The molecule has 3 heterocycles. The molecule has 2 aromatic rings. The molecule has 25 heavy (non-hydrogen) atoms. The van der Waals surface area contributed by atoms with E-state index in [2.05, 4.69) is 34.2 Å². The van der Waals surface area contributed by atoms with Crippen LogP contribution in [0.15, 0.2) is 52.8 Å². The van der Waals surface area contributed by atoms with Crippen molar-refractivity contribution in [1.82, 2.24) is 14.3 Å². The molecule has 0 bridgehead atoms. The van der Waals surface area contributed by atoms with Gasteiger partial charge in [0.15, 0.2) is 0 Å². The van der Waals surface area contributed by atoms with Crippen LogP contribution in [0.4, 0.5) is 0 Å². The van der Waals surface area contributed by atoms with Gasteiger partial charge in [0.05, 0.1) is 23.7 Å². The van der Waals surface area contributed by atoms with Crippen LogP contribution in [0.3, 0.4) is 0 Å². The number of pyridine rings is 1. The molecule has 5 rings (SSSR count). The van der Waals surface area contributed by atoms with E-state index >= 15 is 0 Å². The molecule has 4 nitrogen and oxygen atoms in total. The standard InChI is InChI=1S/C20H19N3OS/c24-20-17-13-22(12-15-8-5-11-25-15)18-10-4-3-9-16(18)19(17)21-23(20)14-6-1-2-7-14/h3-5,8-11,13-14H,1-2,6-7,12H2. The van der Waals surface area contributed by atoms with Crippen LogP contribution in [-0.2, 0) is 6.54 Å². The van der Waals surface area contributed by atoms with Gasteiger partial charge in [-0.15, -0.1) is 11.3 Å². The summed E-state index contributed by atoms with van der Waals surface area (Å²) >= 11 is 1.74. The summed E-state index contributed by atoms with van der Waals surface area (Å²) in [5.74, 6) is 0. The molecule has 0 radical (unpaired) electrons. The molecule has 0 saturated heterocycles. The van der Waals surface area contributed by atoms with Gasteiger partial charge < -0.3 is 4.57 Å². The third kappa shape index (κ3) is 2.42. The Bertz CT molecular complexity index is 1050. The van der Waals surface area contributed by atoms with Crippen molar-refractivity contribution >= 4 is 22.2 Å². The molecule has 1 aromatic heterocycles. The number of aromatic nitrogens is 3. The van der Waals surface area contributed by atoms with Gasteiger partial charge in [-0.25, -0.2) is 4.68 Å². The van der Waals surface area contributed by atoms with Gasteiger partial charge in [-0.1, -0.05) is 37.1 Å².